The minimum Gasteiger partial charge on any atom is -0.497 e. The first-order chi connectivity index (χ1) is 9.32. The molecule has 20 heavy (non-hydrogen) atoms. The Morgan fingerprint density at radius 3 is 2.55 bits per heavy atom. The number of methoxy groups -OCH3 is 1. The van der Waals surface area contributed by atoms with Crippen LogP contribution in [0, 0.1) is 16.7 Å². The summed E-state index contributed by atoms with van der Waals surface area (Å²) < 4.78 is 5.21. The van der Waals surface area contributed by atoms with Crippen LogP contribution in [0.3, 0.4) is 0 Å². The number of hydrogen-bond acceptors (Lipinski definition) is 3. The van der Waals surface area contributed by atoms with E-state index in [4.69, 9.17) is 9.84 Å². The second-order valence-electron chi connectivity index (χ2n) is 5.56. The molecule has 0 bridgehead atoms. The first-order valence-electron chi connectivity index (χ1n) is 6.60. The molecule has 0 heterocycles. The van der Waals surface area contributed by atoms with Crippen LogP contribution >= 0.6 is 0 Å². The van der Waals surface area contributed by atoms with Gasteiger partial charge in [-0.1, -0.05) is 32.9 Å². The van der Waals surface area contributed by atoms with Gasteiger partial charge in [0.1, 0.15) is 5.75 Å². The molecule has 0 aromatic heterocycles. The number of ether oxygens (including phenoxy) is 1. The third kappa shape index (κ3) is 2.77. The zero-order valence-electron chi connectivity index (χ0n) is 12.4. The average molecular weight is 275 g/mol. The lowest BCUT2D eigenvalue weighted by atomic mass is 9.59. The number of carboxylic acids is 1. The predicted molar refractivity (Wildman–Crippen MR) is 76.6 cm³/mol. The van der Waals surface area contributed by atoms with Crippen LogP contribution < -0.4 is 4.74 Å². The van der Waals surface area contributed by atoms with E-state index >= 15 is 0 Å². The molecule has 0 fully saturated rings. The van der Waals surface area contributed by atoms with Crippen LogP contribution in [0.4, 0.5) is 0 Å². The van der Waals surface area contributed by atoms with Gasteiger partial charge < -0.3 is 9.84 Å². The van der Waals surface area contributed by atoms with Crippen molar-refractivity contribution in [1.82, 2.24) is 0 Å². The fraction of sp³-hybridized carbons (Fsp3) is 0.500. The molecule has 1 unspecified atom stereocenters. The van der Waals surface area contributed by atoms with Crippen LogP contribution in [-0.4, -0.2) is 18.2 Å². The zero-order valence-corrected chi connectivity index (χ0v) is 12.4. The van der Waals surface area contributed by atoms with Crippen molar-refractivity contribution in [2.45, 2.75) is 39.0 Å². The molecule has 0 saturated heterocycles. The molecule has 108 valence electrons. The zero-order chi connectivity index (χ0) is 15.4. The smallest absolute Gasteiger partial charge is 0.303 e. The number of rotatable bonds is 6. The molecule has 0 radical (unpaired) electrons. The summed E-state index contributed by atoms with van der Waals surface area (Å²) in [6.07, 6.45) is 0.475. The van der Waals surface area contributed by atoms with E-state index in [9.17, 15) is 10.1 Å². The summed E-state index contributed by atoms with van der Waals surface area (Å²) in [5, 5.41) is 18.9. The summed E-state index contributed by atoms with van der Waals surface area (Å²) in [6.45, 7) is 5.56. The van der Waals surface area contributed by atoms with Gasteiger partial charge in [-0.2, -0.15) is 5.26 Å². The molecule has 1 aromatic carbocycles. The average Bonchev–Trinajstić information content (AvgIpc) is 2.39. The molecule has 0 aliphatic carbocycles. The van der Waals surface area contributed by atoms with Gasteiger partial charge in [-0.3, -0.25) is 4.79 Å². The lowest BCUT2D eigenvalue weighted by Crippen LogP contribution is -2.41. The van der Waals surface area contributed by atoms with Crippen molar-refractivity contribution in [3.05, 3.63) is 29.8 Å². The Kier molecular flexibility index (Phi) is 4.78. The summed E-state index contributed by atoms with van der Waals surface area (Å²) >= 11 is 0. The molecule has 1 N–H and O–H groups in total. The fourth-order valence-corrected chi connectivity index (χ4v) is 2.79. The van der Waals surface area contributed by atoms with Crippen LogP contribution in [0.15, 0.2) is 24.3 Å². The lowest BCUT2D eigenvalue weighted by Gasteiger charge is -2.41. The van der Waals surface area contributed by atoms with Gasteiger partial charge >= 0.3 is 5.97 Å². The van der Waals surface area contributed by atoms with Gasteiger partial charge in [0, 0.05) is 0 Å². The largest absolute Gasteiger partial charge is 0.497 e. The molecule has 4 heteroatoms. The van der Waals surface area contributed by atoms with Gasteiger partial charge in [-0.15, -0.1) is 0 Å². The van der Waals surface area contributed by atoms with E-state index in [2.05, 4.69) is 6.07 Å². The van der Waals surface area contributed by atoms with Crippen LogP contribution in [-0.2, 0) is 10.2 Å². The van der Waals surface area contributed by atoms with Crippen molar-refractivity contribution in [1.29, 1.82) is 5.26 Å². The second kappa shape index (κ2) is 5.96. The normalized spacial score (nSPS) is 14.2. The molecule has 0 aliphatic rings. The number of carbonyl (C=O) groups is 1. The number of nitriles is 1. The summed E-state index contributed by atoms with van der Waals surface area (Å²) in [7, 11) is 1.57. The fourth-order valence-electron chi connectivity index (χ4n) is 2.79. The van der Waals surface area contributed by atoms with Crippen molar-refractivity contribution >= 4 is 5.97 Å². The topological polar surface area (TPSA) is 70.3 Å². The van der Waals surface area contributed by atoms with E-state index in [0.717, 1.165) is 5.56 Å². The molecule has 1 atom stereocenters. The Morgan fingerprint density at radius 1 is 1.45 bits per heavy atom. The number of nitrogens with zero attached hydrogens (tertiary/aromatic N) is 1. The van der Waals surface area contributed by atoms with E-state index in [-0.39, 0.29) is 6.42 Å². The first kappa shape index (κ1) is 16.0. The minimum absolute atomic E-state index is 0.0639. The maximum atomic E-state index is 11.1. The van der Waals surface area contributed by atoms with Gasteiger partial charge in [0.25, 0.3) is 0 Å². The van der Waals surface area contributed by atoms with Gasteiger partial charge in [0.05, 0.1) is 25.0 Å². The van der Waals surface area contributed by atoms with Gasteiger partial charge in [-0.25, -0.2) is 0 Å². The second-order valence-corrected chi connectivity index (χ2v) is 5.56. The van der Waals surface area contributed by atoms with Crippen LogP contribution in [0.25, 0.3) is 0 Å². The number of carboxylic acid groups (broad SMARTS) is 1. The SMILES string of the molecule is CCC(C#N)(c1cccc(OC)c1)C(C)(C)CC(=O)O. The highest BCUT2D eigenvalue weighted by Crippen LogP contribution is 2.47. The van der Waals surface area contributed by atoms with Gasteiger partial charge in [-0.05, 0) is 29.5 Å². The van der Waals surface area contributed by atoms with Gasteiger partial charge in [0.2, 0.25) is 0 Å². The number of benzene rings is 1. The molecule has 4 nitrogen and oxygen atoms in total. The van der Waals surface area contributed by atoms with Crippen molar-refractivity contribution in [3.63, 3.8) is 0 Å². The third-order valence-corrected chi connectivity index (χ3v) is 4.03. The Labute approximate surface area is 120 Å². The van der Waals surface area contributed by atoms with E-state index in [1.165, 1.54) is 0 Å². The monoisotopic (exact) mass is 275 g/mol. The lowest BCUT2D eigenvalue weighted by molar-refractivity contribution is -0.140. The highest BCUT2D eigenvalue weighted by molar-refractivity contribution is 5.68. The Balaban J connectivity index is 3.41. The third-order valence-electron chi connectivity index (χ3n) is 4.03. The Hall–Kier alpha value is -2.02. The molecule has 0 amide bonds. The maximum absolute atomic E-state index is 11.1. The van der Waals surface area contributed by atoms with E-state index in [1.807, 2.05) is 45.0 Å². The van der Waals surface area contributed by atoms with Crippen molar-refractivity contribution < 1.29 is 14.6 Å². The van der Waals surface area contributed by atoms with Crippen molar-refractivity contribution in [2.75, 3.05) is 7.11 Å². The van der Waals surface area contributed by atoms with Crippen LogP contribution in [0.1, 0.15) is 39.2 Å². The van der Waals surface area contributed by atoms with E-state index in [1.54, 1.807) is 7.11 Å². The van der Waals surface area contributed by atoms with Crippen molar-refractivity contribution in [2.24, 2.45) is 5.41 Å². The number of hydrogen-bond donors (Lipinski definition) is 1. The molecule has 0 saturated carbocycles. The van der Waals surface area contributed by atoms with Crippen molar-refractivity contribution in [3.8, 4) is 11.8 Å². The Bertz CT molecular complexity index is 531. The summed E-state index contributed by atoms with van der Waals surface area (Å²) in [5.74, 6) is -0.229. The molecule has 0 spiro atoms. The molecular weight excluding hydrogens is 254 g/mol. The maximum Gasteiger partial charge on any atom is 0.303 e. The highest BCUT2D eigenvalue weighted by Gasteiger charge is 2.46. The first-order valence-corrected chi connectivity index (χ1v) is 6.60. The molecule has 1 aromatic rings. The molecule has 1 rings (SSSR count). The molecular formula is C16H21NO3. The van der Waals surface area contributed by atoms with E-state index < -0.39 is 16.8 Å². The van der Waals surface area contributed by atoms with E-state index in [0.29, 0.717) is 12.2 Å². The predicted octanol–water partition coefficient (Wildman–Crippen LogP) is 3.37. The standard InChI is InChI=1S/C16H21NO3/c1-5-16(11-17,15(2,3)10-14(18)19)12-7-6-8-13(9-12)20-4/h6-9H,5,10H2,1-4H3,(H,18,19). The molecule has 0 aliphatic heterocycles. The minimum atomic E-state index is -0.897. The quantitative estimate of drug-likeness (QED) is 0.864. The van der Waals surface area contributed by atoms with Crippen LogP contribution in [0.5, 0.6) is 5.75 Å². The highest BCUT2D eigenvalue weighted by atomic mass is 16.5. The van der Waals surface area contributed by atoms with Crippen LogP contribution in [0.2, 0.25) is 0 Å². The number of aliphatic carboxylic acids is 1. The Morgan fingerprint density at radius 2 is 2.10 bits per heavy atom. The van der Waals surface area contributed by atoms with Gasteiger partial charge in [0.15, 0.2) is 0 Å². The summed E-state index contributed by atoms with van der Waals surface area (Å²) in [6, 6.07) is 9.67. The summed E-state index contributed by atoms with van der Waals surface area (Å²) in [5.41, 5.74) is -0.748. The summed E-state index contributed by atoms with van der Waals surface area (Å²) in [4.78, 5) is 11.1.